The van der Waals surface area contributed by atoms with E-state index in [0.717, 1.165) is 30.3 Å². The van der Waals surface area contributed by atoms with Gasteiger partial charge in [-0.3, -0.25) is 0 Å². The average Bonchev–Trinajstić information content (AvgIpc) is 3.70. The summed E-state index contributed by atoms with van der Waals surface area (Å²) in [5.74, 6) is 1.46. The molecule has 0 spiro atoms. The number of halogens is 3. The van der Waals surface area contributed by atoms with Crippen molar-refractivity contribution >= 4 is 17.1 Å². The summed E-state index contributed by atoms with van der Waals surface area (Å²) in [6.45, 7) is 6.29. The number of hydrogen-bond acceptors (Lipinski definition) is 9. The molecule has 0 unspecified atom stereocenters. The number of rotatable bonds is 10. The Bertz CT molecular complexity index is 1980. The van der Waals surface area contributed by atoms with Gasteiger partial charge < -0.3 is 28.2 Å². The molecule has 4 heterocycles. The third-order valence-electron chi connectivity index (χ3n) is 7.94. The molecule has 1 amide bonds. The lowest BCUT2D eigenvalue weighted by atomic mass is 10.1. The number of carbonyl (C=O) groups is 1. The highest BCUT2D eigenvalue weighted by molar-refractivity contribution is 5.84. The van der Waals surface area contributed by atoms with Crippen molar-refractivity contribution in [3.63, 3.8) is 0 Å². The SMILES string of the molecule is COc1ncnc(C2CC2)c1-c1nc(OCc2ccc(-c3nc(C(F)(F)F)cn3C)cc2)c2c(ccn2CCN(C)C(=O)OC(C)(C)C)n1. The van der Waals surface area contributed by atoms with Gasteiger partial charge in [-0.2, -0.15) is 18.2 Å². The number of alkyl halides is 3. The van der Waals surface area contributed by atoms with Crippen LogP contribution in [0, 0.1) is 0 Å². The Morgan fingerprint density at radius 3 is 2.39 bits per heavy atom. The van der Waals surface area contributed by atoms with Crippen LogP contribution in [-0.4, -0.2) is 71.4 Å². The Morgan fingerprint density at radius 2 is 1.76 bits per heavy atom. The van der Waals surface area contributed by atoms with Crippen LogP contribution in [-0.2, 0) is 31.1 Å². The van der Waals surface area contributed by atoms with Gasteiger partial charge in [-0.1, -0.05) is 24.3 Å². The number of methoxy groups -OCH3 is 1. The minimum atomic E-state index is -4.54. The van der Waals surface area contributed by atoms with Crippen LogP contribution in [0.15, 0.2) is 49.1 Å². The van der Waals surface area contributed by atoms with E-state index in [-0.39, 0.29) is 18.3 Å². The number of hydrogen-bond donors (Lipinski definition) is 0. The van der Waals surface area contributed by atoms with Crippen LogP contribution in [0.2, 0.25) is 0 Å². The van der Waals surface area contributed by atoms with Gasteiger partial charge in [-0.25, -0.2) is 24.7 Å². The summed E-state index contributed by atoms with van der Waals surface area (Å²) >= 11 is 0. The molecule has 1 saturated carbocycles. The summed E-state index contributed by atoms with van der Waals surface area (Å²) in [5, 5.41) is 0. The van der Waals surface area contributed by atoms with Crippen molar-refractivity contribution in [1.82, 2.24) is 39.0 Å². The first-order chi connectivity index (χ1) is 23.2. The van der Waals surface area contributed by atoms with Crippen molar-refractivity contribution in [3.8, 4) is 34.5 Å². The summed E-state index contributed by atoms with van der Waals surface area (Å²) < 4.78 is 60.4. The van der Waals surface area contributed by atoms with Crippen molar-refractivity contribution in [2.75, 3.05) is 20.7 Å². The van der Waals surface area contributed by atoms with Gasteiger partial charge in [0.15, 0.2) is 11.5 Å². The highest BCUT2D eigenvalue weighted by Gasteiger charge is 2.35. The molecule has 0 N–H and O–H groups in total. The molecule has 49 heavy (non-hydrogen) atoms. The van der Waals surface area contributed by atoms with Crippen LogP contribution in [0.1, 0.15) is 56.5 Å². The number of ether oxygens (including phenoxy) is 3. The zero-order valence-electron chi connectivity index (χ0n) is 28.1. The molecule has 0 radical (unpaired) electrons. The maximum Gasteiger partial charge on any atom is 0.434 e. The smallest absolute Gasteiger partial charge is 0.434 e. The van der Waals surface area contributed by atoms with Crippen LogP contribution in [0.3, 0.4) is 0 Å². The summed E-state index contributed by atoms with van der Waals surface area (Å²) in [7, 11) is 4.73. The summed E-state index contributed by atoms with van der Waals surface area (Å²) in [6.07, 6.45) is 1.30. The number of amides is 1. The minimum absolute atomic E-state index is 0.0983. The highest BCUT2D eigenvalue weighted by atomic mass is 19.4. The molecule has 15 heteroatoms. The molecule has 0 bridgehead atoms. The van der Waals surface area contributed by atoms with E-state index in [9.17, 15) is 18.0 Å². The van der Waals surface area contributed by atoms with E-state index in [0.29, 0.717) is 52.8 Å². The molecule has 5 aromatic rings. The van der Waals surface area contributed by atoms with E-state index in [4.69, 9.17) is 24.2 Å². The maximum absolute atomic E-state index is 13.2. The molecular weight excluding hydrogens is 641 g/mol. The zero-order valence-corrected chi connectivity index (χ0v) is 28.1. The number of imidazole rings is 1. The minimum Gasteiger partial charge on any atom is -0.480 e. The predicted octanol–water partition coefficient (Wildman–Crippen LogP) is 6.64. The van der Waals surface area contributed by atoms with E-state index in [1.807, 2.05) is 37.6 Å². The normalized spacial score (nSPS) is 13.5. The third kappa shape index (κ3) is 7.44. The van der Waals surface area contributed by atoms with Crippen molar-refractivity contribution < 1.29 is 32.2 Å². The Balaban J connectivity index is 1.32. The van der Waals surface area contributed by atoms with Gasteiger partial charge in [-0.15, -0.1) is 0 Å². The number of likely N-dealkylation sites (N-methyl/N-ethyl adjacent to an activating group) is 1. The second-order valence-electron chi connectivity index (χ2n) is 13.0. The fourth-order valence-electron chi connectivity index (χ4n) is 5.35. The molecule has 1 aliphatic carbocycles. The molecule has 258 valence electrons. The number of aromatic nitrogens is 7. The molecule has 12 nitrogen and oxygen atoms in total. The predicted molar refractivity (Wildman–Crippen MR) is 174 cm³/mol. The summed E-state index contributed by atoms with van der Waals surface area (Å²) in [4.78, 5) is 36.5. The number of aryl methyl sites for hydroxylation is 1. The average molecular weight is 679 g/mol. The Hall–Kier alpha value is -5.21. The standard InChI is InChI=1S/C34H37F3N8O4/c1-33(2,3)49-32(46)43(4)15-16-45-14-13-23-27(45)31(42-28(40-23)25-26(21-11-12-21)38-19-39-30(25)47-6)48-18-20-7-9-22(10-8-20)29-41-24(17-44(29)5)34(35,36)37/h7-10,13-14,17,19,21H,11-12,15-16,18H2,1-6H3. The van der Waals surface area contributed by atoms with E-state index >= 15 is 0 Å². The lowest BCUT2D eigenvalue weighted by molar-refractivity contribution is -0.140. The fourth-order valence-corrected chi connectivity index (χ4v) is 5.35. The van der Waals surface area contributed by atoms with Crippen LogP contribution >= 0.6 is 0 Å². The monoisotopic (exact) mass is 678 g/mol. The van der Waals surface area contributed by atoms with Crippen molar-refractivity contribution in [2.24, 2.45) is 7.05 Å². The molecule has 0 atom stereocenters. The number of fused-ring (bicyclic) bond motifs is 1. The van der Waals surface area contributed by atoms with Gasteiger partial charge >= 0.3 is 12.3 Å². The van der Waals surface area contributed by atoms with Gasteiger partial charge in [-0.05, 0) is 45.2 Å². The summed E-state index contributed by atoms with van der Waals surface area (Å²) in [5.41, 5.74) is 2.35. The lowest BCUT2D eigenvalue weighted by Crippen LogP contribution is -2.35. The molecule has 1 fully saturated rings. The van der Waals surface area contributed by atoms with Crippen LogP contribution in [0.25, 0.3) is 33.8 Å². The van der Waals surface area contributed by atoms with Crippen molar-refractivity contribution in [1.29, 1.82) is 0 Å². The Morgan fingerprint density at radius 1 is 1.02 bits per heavy atom. The number of benzene rings is 1. The first-order valence-electron chi connectivity index (χ1n) is 15.7. The number of carbonyl (C=O) groups excluding carboxylic acids is 1. The number of nitrogens with zero attached hydrogens (tertiary/aromatic N) is 8. The summed E-state index contributed by atoms with van der Waals surface area (Å²) in [6, 6.07) is 8.79. The van der Waals surface area contributed by atoms with Gasteiger partial charge in [0, 0.05) is 51.1 Å². The van der Waals surface area contributed by atoms with Gasteiger partial charge in [0.05, 0.1) is 18.3 Å². The molecular formula is C34H37F3N8O4. The quantitative estimate of drug-likeness (QED) is 0.160. The van der Waals surface area contributed by atoms with E-state index in [1.54, 1.807) is 31.3 Å². The van der Waals surface area contributed by atoms with Crippen molar-refractivity contribution in [2.45, 2.75) is 64.5 Å². The Kier molecular flexibility index (Phi) is 8.94. The first kappa shape index (κ1) is 33.7. The largest absolute Gasteiger partial charge is 0.480 e. The van der Waals surface area contributed by atoms with E-state index < -0.39 is 23.6 Å². The molecule has 0 saturated heterocycles. The van der Waals surface area contributed by atoms with Crippen molar-refractivity contribution in [3.05, 3.63) is 66.0 Å². The van der Waals surface area contributed by atoms with Crippen LogP contribution in [0.5, 0.6) is 11.8 Å². The fraction of sp³-hybridized carbons (Fsp3) is 0.412. The molecule has 0 aliphatic heterocycles. The highest BCUT2D eigenvalue weighted by Crippen LogP contribution is 2.45. The second kappa shape index (κ2) is 13.0. The lowest BCUT2D eigenvalue weighted by Gasteiger charge is -2.24. The third-order valence-corrected chi connectivity index (χ3v) is 7.94. The van der Waals surface area contributed by atoms with Gasteiger partial charge in [0.1, 0.15) is 35.4 Å². The molecule has 1 aromatic carbocycles. The zero-order chi connectivity index (χ0) is 35.1. The van der Waals surface area contributed by atoms with E-state index in [2.05, 4.69) is 15.0 Å². The molecule has 1 aliphatic rings. The van der Waals surface area contributed by atoms with Crippen LogP contribution < -0.4 is 9.47 Å². The maximum atomic E-state index is 13.2. The molecule has 4 aromatic heterocycles. The topological polar surface area (TPSA) is 122 Å². The second-order valence-corrected chi connectivity index (χ2v) is 13.0. The van der Waals surface area contributed by atoms with Gasteiger partial charge in [0.25, 0.3) is 0 Å². The van der Waals surface area contributed by atoms with Crippen LogP contribution in [0.4, 0.5) is 18.0 Å². The van der Waals surface area contributed by atoms with Gasteiger partial charge in [0.2, 0.25) is 11.8 Å². The first-order valence-corrected chi connectivity index (χ1v) is 15.7. The molecule has 6 rings (SSSR count). The Labute approximate surface area is 280 Å². The van der Waals surface area contributed by atoms with E-state index in [1.165, 1.54) is 30.0 Å².